The summed E-state index contributed by atoms with van der Waals surface area (Å²) in [5.41, 5.74) is 3.14. The van der Waals surface area contributed by atoms with Crippen LogP contribution in [0.4, 0.5) is 0 Å². The zero-order valence-corrected chi connectivity index (χ0v) is 20.1. The van der Waals surface area contributed by atoms with Gasteiger partial charge in [0.05, 0.1) is 12.7 Å². The number of aromatic nitrogens is 1. The largest absolute Gasteiger partial charge is 0.497 e. The summed E-state index contributed by atoms with van der Waals surface area (Å²) in [4.78, 5) is 13.0. The number of carbonyl (C=O) groups excluding carboxylic acids is 1. The van der Waals surface area contributed by atoms with Gasteiger partial charge in [-0.2, -0.15) is 0 Å². The highest BCUT2D eigenvalue weighted by Crippen LogP contribution is 2.37. The summed E-state index contributed by atoms with van der Waals surface area (Å²) in [7, 11) is 1.63. The lowest BCUT2D eigenvalue weighted by Crippen LogP contribution is -1.98. The number of allylic oxidation sites excluding steroid dienone is 1. The van der Waals surface area contributed by atoms with Gasteiger partial charge in [0.25, 0.3) is 0 Å². The van der Waals surface area contributed by atoms with Crippen LogP contribution in [-0.2, 0) is 13.2 Å². The number of methoxy groups -OCH3 is 1. The smallest absolute Gasteiger partial charge is 0.231 e. The van der Waals surface area contributed by atoms with E-state index in [1.54, 1.807) is 49.6 Å². The fraction of sp³-hybridized carbons (Fsp3) is 0.148. The number of hydrogen-bond donors (Lipinski definition) is 0. The van der Waals surface area contributed by atoms with Gasteiger partial charge in [-0.3, -0.25) is 4.79 Å². The highest BCUT2D eigenvalue weighted by atomic mass is 35.5. The van der Waals surface area contributed by atoms with Crippen molar-refractivity contribution >= 4 is 46.0 Å². The second-order valence-corrected chi connectivity index (χ2v) is 8.65. The summed E-state index contributed by atoms with van der Waals surface area (Å²) in [6.45, 7) is 3.08. The first-order chi connectivity index (χ1) is 16.5. The third-order valence-corrected chi connectivity index (χ3v) is 6.54. The predicted molar refractivity (Wildman–Crippen MR) is 134 cm³/mol. The fourth-order valence-corrected chi connectivity index (χ4v) is 4.54. The summed E-state index contributed by atoms with van der Waals surface area (Å²) in [5.74, 6) is 1.85. The standard InChI is InChI=1S/C27H21Cl2NO4/c1-3-30-14-16(20-12-17(32-2)8-10-24(20)30)11-26-27(31)19-9-7-18(13-25(19)34-26)33-15-21-22(28)5-4-6-23(21)29/h4-14H,3,15H2,1-2H3/b26-11+. The van der Waals surface area contributed by atoms with E-state index >= 15 is 0 Å². The molecule has 2 heterocycles. The van der Waals surface area contributed by atoms with Crippen molar-refractivity contribution in [3.8, 4) is 17.2 Å². The molecule has 0 saturated heterocycles. The SMILES string of the molecule is CCn1cc(/C=C2/Oc3cc(OCc4c(Cl)cccc4Cl)ccc3C2=O)c2cc(OC)ccc21. The van der Waals surface area contributed by atoms with Crippen molar-refractivity contribution in [2.24, 2.45) is 0 Å². The molecule has 0 fully saturated rings. The summed E-state index contributed by atoms with van der Waals surface area (Å²) in [6, 6.07) is 16.4. The lowest BCUT2D eigenvalue weighted by Gasteiger charge is -2.10. The Kier molecular flexibility index (Phi) is 5.98. The van der Waals surface area contributed by atoms with Gasteiger partial charge in [0, 0.05) is 50.9 Å². The normalized spacial score (nSPS) is 13.9. The minimum Gasteiger partial charge on any atom is -0.497 e. The van der Waals surface area contributed by atoms with Crippen molar-refractivity contribution in [3.05, 3.63) is 93.3 Å². The molecule has 3 aromatic carbocycles. The van der Waals surface area contributed by atoms with Crippen molar-refractivity contribution in [1.29, 1.82) is 0 Å². The third-order valence-electron chi connectivity index (χ3n) is 5.83. The second kappa shape index (κ2) is 9.09. The molecule has 0 radical (unpaired) electrons. The molecule has 1 aliphatic heterocycles. The lowest BCUT2D eigenvalue weighted by atomic mass is 10.1. The van der Waals surface area contributed by atoms with E-state index in [1.165, 1.54) is 0 Å². The summed E-state index contributed by atoms with van der Waals surface area (Å²) in [5, 5.41) is 2.06. The van der Waals surface area contributed by atoms with Gasteiger partial charge in [-0.1, -0.05) is 29.3 Å². The van der Waals surface area contributed by atoms with Gasteiger partial charge in [0.1, 0.15) is 23.9 Å². The van der Waals surface area contributed by atoms with E-state index in [4.69, 9.17) is 37.4 Å². The van der Waals surface area contributed by atoms with E-state index in [0.29, 0.717) is 32.7 Å². The average Bonchev–Trinajstić information content (AvgIpc) is 3.35. The molecule has 7 heteroatoms. The first-order valence-electron chi connectivity index (χ1n) is 10.8. The number of halogens is 2. The molecule has 0 aliphatic carbocycles. The van der Waals surface area contributed by atoms with Gasteiger partial charge in [-0.25, -0.2) is 0 Å². The van der Waals surface area contributed by atoms with Crippen LogP contribution < -0.4 is 14.2 Å². The Morgan fingerprint density at radius 1 is 1.03 bits per heavy atom. The minimum atomic E-state index is -0.170. The Hall–Kier alpha value is -3.41. The molecule has 0 spiro atoms. The predicted octanol–water partition coefficient (Wildman–Crippen LogP) is 7.17. The van der Waals surface area contributed by atoms with Crippen LogP contribution in [0.1, 0.15) is 28.4 Å². The van der Waals surface area contributed by atoms with Crippen LogP contribution in [0.25, 0.3) is 17.0 Å². The topological polar surface area (TPSA) is 49.7 Å². The van der Waals surface area contributed by atoms with Crippen molar-refractivity contribution in [3.63, 3.8) is 0 Å². The highest BCUT2D eigenvalue weighted by Gasteiger charge is 2.28. The number of ketones is 1. The molecule has 172 valence electrons. The summed E-state index contributed by atoms with van der Waals surface area (Å²) >= 11 is 12.5. The maximum atomic E-state index is 13.0. The first kappa shape index (κ1) is 22.4. The average molecular weight is 494 g/mol. The van der Waals surface area contributed by atoms with Gasteiger partial charge in [-0.05, 0) is 55.5 Å². The van der Waals surface area contributed by atoms with Crippen molar-refractivity contribution in [1.82, 2.24) is 4.57 Å². The molecule has 34 heavy (non-hydrogen) atoms. The Morgan fingerprint density at radius 2 is 1.79 bits per heavy atom. The summed E-state index contributed by atoms with van der Waals surface area (Å²) in [6.07, 6.45) is 3.79. The number of carbonyl (C=O) groups is 1. The van der Waals surface area contributed by atoms with E-state index in [-0.39, 0.29) is 18.1 Å². The Labute approximate surface area is 207 Å². The van der Waals surface area contributed by atoms with E-state index in [1.807, 2.05) is 24.4 Å². The molecule has 5 rings (SSSR count). The molecule has 0 bridgehead atoms. The third kappa shape index (κ3) is 4.02. The quantitative estimate of drug-likeness (QED) is 0.267. The van der Waals surface area contributed by atoms with Gasteiger partial charge in [0.2, 0.25) is 5.78 Å². The van der Waals surface area contributed by atoms with Crippen molar-refractivity contribution < 1.29 is 19.0 Å². The molecular weight excluding hydrogens is 473 g/mol. The molecule has 0 unspecified atom stereocenters. The monoisotopic (exact) mass is 493 g/mol. The number of aryl methyl sites for hydroxylation is 1. The Morgan fingerprint density at radius 3 is 2.53 bits per heavy atom. The van der Waals surface area contributed by atoms with Gasteiger partial charge >= 0.3 is 0 Å². The molecule has 1 aliphatic rings. The van der Waals surface area contributed by atoms with Crippen LogP contribution in [0.15, 0.2) is 66.6 Å². The van der Waals surface area contributed by atoms with Crippen molar-refractivity contribution in [2.45, 2.75) is 20.1 Å². The van der Waals surface area contributed by atoms with E-state index in [0.717, 1.165) is 28.8 Å². The summed E-state index contributed by atoms with van der Waals surface area (Å²) < 4.78 is 19.3. The van der Waals surface area contributed by atoms with E-state index < -0.39 is 0 Å². The number of nitrogens with zero attached hydrogens (tertiary/aromatic N) is 1. The molecule has 1 aromatic heterocycles. The maximum Gasteiger partial charge on any atom is 0.231 e. The fourth-order valence-electron chi connectivity index (χ4n) is 4.03. The molecule has 0 atom stereocenters. The minimum absolute atomic E-state index is 0.170. The highest BCUT2D eigenvalue weighted by molar-refractivity contribution is 6.35. The Bertz CT molecular complexity index is 1430. The number of fused-ring (bicyclic) bond motifs is 2. The van der Waals surface area contributed by atoms with Crippen LogP contribution in [-0.4, -0.2) is 17.5 Å². The van der Waals surface area contributed by atoms with E-state index in [2.05, 4.69) is 11.5 Å². The molecule has 0 saturated carbocycles. The van der Waals surface area contributed by atoms with Crippen LogP contribution in [0.5, 0.6) is 17.2 Å². The number of hydrogen-bond acceptors (Lipinski definition) is 4. The zero-order valence-electron chi connectivity index (χ0n) is 18.6. The molecule has 0 amide bonds. The van der Waals surface area contributed by atoms with Crippen LogP contribution in [0, 0.1) is 0 Å². The number of rotatable bonds is 6. The second-order valence-electron chi connectivity index (χ2n) is 7.84. The number of ether oxygens (including phenoxy) is 3. The van der Waals surface area contributed by atoms with Gasteiger partial charge in [-0.15, -0.1) is 0 Å². The van der Waals surface area contributed by atoms with Crippen LogP contribution in [0.3, 0.4) is 0 Å². The first-order valence-corrected chi connectivity index (χ1v) is 11.5. The van der Waals surface area contributed by atoms with Gasteiger partial charge in [0.15, 0.2) is 5.76 Å². The van der Waals surface area contributed by atoms with Crippen LogP contribution >= 0.6 is 23.2 Å². The molecule has 5 nitrogen and oxygen atoms in total. The Balaban J connectivity index is 1.42. The number of Topliss-reactive ketones (excluding diaryl/α,β-unsaturated/α-hetero) is 1. The van der Waals surface area contributed by atoms with Crippen molar-refractivity contribution in [2.75, 3.05) is 7.11 Å². The van der Waals surface area contributed by atoms with Gasteiger partial charge < -0.3 is 18.8 Å². The molecule has 4 aromatic rings. The number of benzene rings is 3. The molecule has 0 N–H and O–H groups in total. The molecular formula is C27H21Cl2NO4. The maximum absolute atomic E-state index is 13.0. The van der Waals surface area contributed by atoms with E-state index in [9.17, 15) is 4.79 Å². The lowest BCUT2D eigenvalue weighted by molar-refractivity contribution is 0.101. The van der Waals surface area contributed by atoms with Crippen LogP contribution in [0.2, 0.25) is 10.0 Å². The zero-order chi connectivity index (χ0) is 23.8.